The predicted molar refractivity (Wildman–Crippen MR) is 233 cm³/mol. The predicted octanol–water partition coefficient (Wildman–Crippen LogP) is 10.5. The van der Waals surface area contributed by atoms with Crippen molar-refractivity contribution < 1.29 is 29.0 Å². The molecule has 0 aromatic heterocycles. The number of Topliss-reactive ketones (excluding diaryl/α,β-unsaturated/α-hetero) is 1. The first kappa shape index (κ1) is 44.3. The monoisotopic (exact) mass is 833 g/mol. The number of ether oxygens (including phenoxy) is 1. The number of esters is 1. The summed E-state index contributed by atoms with van der Waals surface area (Å²) in [5.41, 5.74) is 2.02. The zero-order chi connectivity index (χ0) is 43.3. The van der Waals surface area contributed by atoms with Crippen molar-refractivity contribution in [3.63, 3.8) is 0 Å². The van der Waals surface area contributed by atoms with Crippen LogP contribution in [0.25, 0.3) is 0 Å². The van der Waals surface area contributed by atoms with Crippen molar-refractivity contribution in [3.8, 4) is 0 Å². The van der Waals surface area contributed by atoms with Gasteiger partial charge in [0.25, 0.3) is 5.91 Å². The van der Waals surface area contributed by atoms with Gasteiger partial charge >= 0.3 is 11.9 Å². The molecular formula is C50H73ClN2O6. The Morgan fingerprint density at radius 2 is 1.61 bits per heavy atom. The molecule has 326 valence electrons. The molecule has 5 saturated carbocycles. The molecule has 1 amide bonds. The molecule has 0 aliphatic heterocycles. The second kappa shape index (κ2) is 15.0. The molecule has 0 heterocycles. The van der Waals surface area contributed by atoms with Gasteiger partial charge < -0.3 is 20.5 Å². The van der Waals surface area contributed by atoms with Crippen LogP contribution in [0.3, 0.4) is 0 Å². The number of carboxylic acid groups (broad SMARTS) is 1. The van der Waals surface area contributed by atoms with Crippen LogP contribution < -0.4 is 10.6 Å². The normalized spacial score (nSPS) is 38.4. The van der Waals surface area contributed by atoms with E-state index in [1.807, 2.05) is 27.7 Å². The molecule has 1 aromatic rings. The van der Waals surface area contributed by atoms with Crippen molar-refractivity contribution in [3.05, 3.63) is 46.0 Å². The highest BCUT2D eigenvalue weighted by Gasteiger charge is 2.70. The number of amides is 1. The van der Waals surface area contributed by atoms with Crippen LogP contribution in [0.1, 0.15) is 157 Å². The first-order valence-corrected chi connectivity index (χ1v) is 23.2. The zero-order valence-electron chi connectivity index (χ0n) is 37.9. The van der Waals surface area contributed by atoms with E-state index < -0.39 is 22.8 Å². The van der Waals surface area contributed by atoms with Crippen molar-refractivity contribution in [2.24, 2.45) is 68.0 Å². The van der Waals surface area contributed by atoms with Crippen molar-refractivity contribution in [1.29, 1.82) is 0 Å². The lowest BCUT2D eigenvalue weighted by Gasteiger charge is -2.72. The lowest BCUT2D eigenvalue weighted by molar-refractivity contribution is -0.236. The van der Waals surface area contributed by atoms with E-state index >= 15 is 0 Å². The number of allylic oxidation sites excluding steroid dienone is 2. The summed E-state index contributed by atoms with van der Waals surface area (Å²) in [5, 5.41) is 17.1. The van der Waals surface area contributed by atoms with Crippen LogP contribution in [0.4, 0.5) is 0 Å². The van der Waals surface area contributed by atoms with Crippen LogP contribution in [0.2, 0.25) is 5.02 Å². The maximum Gasteiger partial charge on any atom is 0.309 e. The number of carboxylic acids is 1. The number of aliphatic carboxylic acids is 1. The summed E-state index contributed by atoms with van der Waals surface area (Å²) < 4.78 is 6.44. The molecule has 5 fully saturated rings. The summed E-state index contributed by atoms with van der Waals surface area (Å²) in [6, 6.07) is 7.03. The lowest BCUT2D eigenvalue weighted by atomic mass is 9.33. The third kappa shape index (κ3) is 7.04. The van der Waals surface area contributed by atoms with Gasteiger partial charge in [0.1, 0.15) is 6.10 Å². The van der Waals surface area contributed by atoms with Crippen molar-refractivity contribution in [2.75, 3.05) is 13.1 Å². The zero-order valence-corrected chi connectivity index (χ0v) is 38.7. The summed E-state index contributed by atoms with van der Waals surface area (Å²) in [7, 11) is 0. The van der Waals surface area contributed by atoms with Gasteiger partial charge in [0, 0.05) is 39.9 Å². The molecule has 59 heavy (non-hydrogen) atoms. The SMILES string of the molecule is CC(C)C1=C2[C@H]3CC[C@@H]4[C@@]5(C)CC[C@H](OC(=O)[C@H]6C[C@@H](C(=O)O)C6(C)C)C(C)(C)[C@@H]5CC[C@@]4(C)[C@]3(C)CC[C@@]2(CCNCC(C)(C)NC(=O)c2cccc(Cl)c2)CC1=O. The van der Waals surface area contributed by atoms with Crippen LogP contribution in [-0.2, 0) is 19.1 Å². The maximum absolute atomic E-state index is 14.2. The molecule has 0 bridgehead atoms. The van der Waals surface area contributed by atoms with Crippen LogP contribution in [-0.4, -0.2) is 53.5 Å². The number of ketones is 1. The molecule has 8 nitrogen and oxygen atoms in total. The van der Waals surface area contributed by atoms with Gasteiger partial charge in [-0.1, -0.05) is 85.6 Å². The molecule has 6 aliphatic carbocycles. The van der Waals surface area contributed by atoms with E-state index in [-0.39, 0.29) is 56.9 Å². The first-order chi connectivity index (χ1) is 27.3. The van der Waals surface area contributed by atoms with E-state index in [1.165, 1.54) is 5.57 Å². The molecular weight excluding hydrogens is 760 g/mol. The highest BCUT2D eigenvalue weighted by atomic mass is 35.5. The van der Waals surface area contributed by atoms with Gasteiger partial charge in [-0.3, -0.25) is 19.2 Å². The number of hydrogen-bond acceptors (Lipinski definition) is 6. The Bertz CT molecular complexity index is 1920. The molecule has 6 aliphatic rings. The van der Waals surface area contributed by atoms with Crippen molar-refractivity contribution >= 4 is 35.2 Å². The molecule has 10 atom stereocenters. The average molecular weight is 834 g/mol. The number of carbonyl (C=O) groups is 4. The molecule has 3 N–H and O–H groups in total. The summed E-state index contributed by atoms with van der Waals surface area (Å²) >= 11 is 6.16. The van der Waals surface area contributed by atoms with Gasteiger partial charge in [-0.15, -0.1) is 0 Å². The summed E-state index contributed by atoms with van der Waals surface area (Å²) in [6.07, 6.45) is 10.2. The molecule has 9 heteroatoms. The average Bonchev–Trinajstić information content (AvgIpc) is 3.43. The fourth-order valence-corrected chi connectivity index (χ4v) is 15.2. The number of hydrogen-bond donors (Lipinski definition) is 3. The molecule has 0 radical (unpaired) electrons. The first-order valence-electron chi connectivity index (χ1n) is 22.8. The summed E-state index contributed by atoms with van der Waals surface area (Å²) in [6.45, 7) is 26.1. The van der Waals surface area contributed by atoms with Gasteiger partial charge in [-0.2, -0.15) is 0 Å². The third-order valence-corrected chi connectivity index (χ3v) is 18.7. The van der Waals surface area contributed by atoms with E-state index in [0.29, 0.717) is 53.5 Å². The Balaban J connectivity index is 1.07. The maximum atomic E-state index is 14.2. The minimum atomic E-state index is -0.826. The Labute approximate surface area is 359 Å². The van der Waals surface area contributed by atoms with Crippen LogP contribution in [0, 0.1) is 68.0 Å². The quantitative estimate of drug-likeness (QED) is 0.150. The largest absolute Gasteiger partial charge is 0.481 e. The van der Waals surface area contributed by atoms with Crippen LogP contribution >= 0.6 is 11.6 Å². The number of benzene rings is 1. The number of rotatable bonds is 11. The second-order valence-corrected chi connectivity index (χ2v) is 23.5. The fourth-order valence-electron chi connectivity index (χ4n) is 15.0. The van der Waals surface area contributed by atoms with Crippen LogP contribution in [0.5, 0.6) is 0 Å². The number of fused-ring (bicyclic) bond motifs is 7. The third-order valence-electron chi connectivity index (χ3n) is 18.5. The number of carbonyl (C=O) groups excluding carboxylic acids is 3. The Morgan fingerprint density at radius 1 is 0.898 bits per heavy atom. The minimum absolute atomic E-state index is 0.0669. The van der Waals surface area contributed by atoms with E-state index in [0.717, 1.165) is 69.9 Å². The number of halogens is 1. The van der Waals surface area contributed by atoms with Crippen molar-refractivity contribution in [2.45, 2.75) is 158 Å². The van der Waals surface area contributed by atoms with Gasteiger partial charge in [-0.25, -0.2) is 0 Å². The molecule has 0 spiro atoms. The van der Waals surface area contributed by atoms with Gasteiger partial charge in [-0.05, 0) is 154 Å². The van der Waals surface area contributed by atoms with E-state index in [1.54, 1.807) is 24.3 Å². The van der Waals surface area contributed by atoms with Gasteiger partial charge in [0.15, 0.2) is 5.78 Å². The summed E-state index contributed by atoms with van der Waals surface area (Å²) in [4.78, 5) is 52.7. The Hall–Kier alpha value is -2.71. The number of nitrogens with one attached hydrogen (secondary N) is 2. The summed E-state index contributed by atoms with van der Waals surface area (Å²) in [5.74, 6) is -0.204. The van der Waals surface area contributed by atoms with Gasteiger partial charge in [0.05, 0.1) is 11.8 Å². The minimum Gasteiger partial charge on any atom is -0.481 e. The van der Waals surface area contributed by atoms with E-state index in [4.69, 9.17) is 16.3 Å². The molecule has 1 aromatic carbocycles. The molecule has 0 saturated heterocycles. The van der Waals surface area contributed by atoms with E-state index in [2.05, 4.69) is 59.1 Å². The lowest BCUT2D eigenvalue weighted by Crippen LogP contribution is -2.66. The van der Waals surface area contributed by atoms with Crippen LogP contribution in [0.15, 0.2) is 35.4 Å². The Morgan fingerprint density at radius 3 is 2.25 bits per heavy atom. The smallest absolute Gasteiger partial charge is 0.309 e. The highest BCUT2D eigenvalue weighted by Crippen LogP contribution is 2.77. The fraction of sp³-hybridized carbons (Fsp3) is 0.760. The molecule has 0 unspecified atom stereocenters. The molecule has 7 rings (SSSR count). The Kier molecular flexibility index (Phi) is 11.3. The highest BCUT2D eigenvalue weighted by molar-refractivity contribution is 6.31. The van der Waals surface area contributed by atoms with E-state index in [9.17, 15) is 24.3 Å². The van der Waals surface area contributed by atoms with Crippen molar-refractivity contribution in [1.82, 2.24) is 10.6 Å². The second-order valence-electron chi connectivity index (χ2n) is 23.0. The standard InChI is InChI=1S/C50H73ClN2O6/c1-29(2)39-35(54)27-50(23-24-52-28-44(3,4)53-41(55)30-13-12-14-31(51)25-30)22-21-48(10)32(40(39)50)15-16-37-47(9)19-18-38(46(7,8)36(47)17-20-49(37,48)11)59-43(58)34-26-33(42(56)57)45(34,5)6/h12-14,25,29,32-34,36-38,52H,15-24,26-28H2,1-11H3,(H,53,55)(H,56,57)/t32-,33+,34-,36+,37-,38+,47+,48-,49-,50-/m1/s1. The van der Waals surface area contributed by atoms with Gasteiger partial charge in [0.2, 0.25) is 0 Å². The topological polar surface area (TPSA) is 122 Å².